The van der Waals surface area contributed by atoms with Crippen LogP contribution in [0.2, 0.25) is 0 Å². The summed E-state index contributed by atoms with van der Waals surface area (Å²) >= 11 is 0. The van der Waals surface area contributed by atoms with E-state index in [9.17, 15) is 4.79 Å². The summed E-state index contributed by atoms with van der Waals surface area (Å²) in [5.41, 5.74) is 3.18. The summed E-state index contributed by atoms with van der Waals surface area (Å²) in [5.74, 6) is 0.982. The maximum absolute atomic E-state index is 13.1. The molecule has 0 saturated carbocycles. The second-order valence-electron chi connectivity index (χ2n) is 6.49. The third-order valence-corrected chi connectivity index (χ3v) is 4.53. The maximum Gasteiger partial charge on any atom is 0.236 e. The number of hydrogen-bond acceptors (Lipinski definition) is 4. The molecule has 0 unspecified atom stereocenters. The quantitative estimate of drug-likeness (QED) is 0.431. The predicted molar refractivity (Wildman–Crippen MR) is 98.1 cm³/mol. The molecule has 0 atom stereocenters. The minimum atomic E-state index is -0.0973. The average Bonchev–Trinajstić information content (AvgIpc) is 3.00. The van der Waals surface area contributed by atoms with Gasteiger partial charge in [0.1, 0.15) is 16.8 Å². The minimum absolute atomic E-state index is 0.0973. The smallest absolute Gasteiger partial charge is 0.236 e. The first-order valence-corrected chi connectivity index (χ1v) is 8.28. The zero-order valence-electron chi connectivity index (χ0n) is 13.9. The fourth-order valence-electron chi connectivity index (χ4n) is 3.37. The molecule has 5 heteroatoms. The van der Waals surface area contributed by atoms with Crippen molar-refractivity contribution in [2.75, 3.05) is 0 Å². The van der Waals surface area contributed by atoms with E-state index in [1.54, 1.807) is 12.1 Å². The van der Waals surface area contributed by atoms with Gasteiger partial charge in [0.25, 0.3) is 0 Å². The normalized spacial score (nSPS) is 12.1. The Bertz CT molecular complexity index is 1350. The van der Waals surface area contributed by atoms with E-state index >= 15 is 0 Å². The zero-order valence-corrected chi connectivity index (χ0v) is 13.9. The third kappa shape index (κ3) is 1.86. The van der Waals surface area contributed by atoms with Crippen LogP contribution in [0.3, 0.4) is 0 Å². The number of fused-ring (bicyclic) bond motifs is 6. The summed E-state index contributed by atoms with van der Waals surface area (Å²) in [4.78, 5) is 22.5. The molecular formula is C20H15N3O2. The van der Waals surface area contributed by atoms with Crippen molar-refractivity contribution in [3.05, 3.63) is 64.6 Å². The molecule has 0 bridgehead atoms. The molecule has 3 heterocycles. The van der Waals surface area contributed by atoms with Crippen LogP contribution >= 0.6 is 0 Å². The van der Waals surface area contributed by atoms with E-state index in [2.05, 4.69) is 13.8 Å². The molecule has 0 aliphatic rings. The Hall–Kier alpha value is -3.21. The van der Waals surface area contributed by atoms with Crippen molar-refractivity contribution in [1.82, 2.24) is 14.4 Å². The molecule has 0 aliphatic carbocycles. The van der Waals surface area contributed by atoms with E-state index in [0.717, 1.165) is 16.9 Å². The van der Waals surface area contributed by atoms with E-state index in [1.165, 1.54) is 0 Å². The zero-order chi connectivity index (χ0) is 17.1. The van der Waals surface area contributed by atoms with E-state index in [-0.39, 0.29) is 11.3 Å². The highest BCUT2D eigenvalue weighted by Gasteiger charge is 2.20. The average molecular weight is 329 g/mol. The molecule has 0 amide bonds. The predicted octanol–water partition coefficient (Wildman–Crippen LogP) is 4.27. The second kappa shape index (κ2) is 4.89. The van der Waals surface area contributed by atoms with Gasteiger partial charge >= 0.3 is 0 Å². The minimum Gasteiger partial charge on any atom is -0.437 e. The van der Waals surface area contributed by atoms with E-state index in [1.807, 2.05) is 40.8 Å². The van der Waals surface area contributed by atoms with Gasteiger partial charge in [-0.1, -0.05) is 38.1 Å². The SMILES string of the molecule is CC(C)c1nc2oc3ccccc3c(=O)c2c2nc3ccccc3n12. The summed E-state index contributed by atoms with van der Waals surface area (Å²) in [5, 5.41) is 0.974. The third-order valence-electron chi connectivity index (χ3n) is 4.53. The first kappa shape index (κ1) is 14.2. The number of aromatic nitrogens is 3. The van der Waals surface area contributed by atoms with Crippen LogP contribution in [0.1, 0.15) is 25.6 Å². The summed E-state index contributed by atoms with van der Waals surface area (Å²) in [6, 6.07) is 15.1. The van der Waals surface area contributed by atoms with Crippen molar-refractivity contribution in [2.24, 2.45) is 0 Å². The van der Waals surface area contributed by atoms with Gasteiger partial charge in [-0.15, -0.1) is 0 Å². The van der Waals surface area contributed by atoms with Crippen LogP contribution in [0.4, 0.5) is 0 Å². The molecule has 5 nitrogen and oxygen atoms in total. The summed E-state index contributed by atoms with van der Waals surface area (Å²) in [7, 11) is 0. The lowest BCUT2D eigenvalue weighted by Gasteiger charge is -2.11. The molecule has 2 aromatic carbocycles. The van der Waals surface area contributed by atoms with Gasteiger partial charge in [-0.25, -0.2) is 4.98 Å². The summed E-state index contributed by atoms with van der Waals surface area (Å²) < 4.78 is 7.94. The Morgan fingerprint density at radius 3 is 2.60 bits per heavy atom. The fraction of sp³-hybridized carbons (Fsp3) is 0.150. The molecule has 122 valence electrons. The number of nitrogens with zero attached hydrogens (tertiary/aromatic N) is 3. The second-order valence-corrected chi connectivity index (χ2v) is 6.49. The topological polar surface area (TPSA) is 60.4 Å². The number of rotatable bonds is 1. The Balaban J connectivity index is 2.13. The Morgan fingerprint density at radius 1 is 1.00 bits per heavy atom. The molecule has 5 rings (SSSR count). The van der Waals surface area contributed by atoms with Crippen molar-refractivity contribution in [3.8, 4) is 0 Å². The molecule has 0 radical (unpaired) electrons. The van der Waals surface area contributed by atoms with Crippen LogP contribution in [0.25, 0.3) is 38.7 Å². The highest BCUT2D eigenvalue weighted by molar-refractivity contribution is 5.98. The van der Waals surface area contributed by atoms with Crippen molar-refractivity contribution >= 4 is 38.7 Å². The van der Waals surface area contributed by atoms with Gasteiger partial charge in [0.05, 0.1) is 16.4 Å². The monoisotopic (exact) mass is 329 g/mol. The van der Waals surface area contributed by atoms with E-state index < -0.39 is 0 Å². The lowest BCUT2D eigenvalue weighted by atomic mass is 10.1. The number of imidazole rings is 1. The molecule has 0 saturated heterocycles. The maximum atomic E-state index is 13.1. The summed E-state index contributed by atoms with van der Waals surface area (Å²) in [6.45, 7) is 4.14. The van der Waals surface area contributed by atoms with Crippen LogP contribution in [-0.4, -0.2) is 14.4 Å². The van der Waals surface area contributed by atoms with Crippen molar-refractivity contribution in [2.45, 2.75) is 19.8 Å². The van der Waals surface area contributed by atoms with E-state index in [4.69, 9.17) is 14.4 Å². The highest BCUT2D eigenvalue weighted by Crippen LogP contribution is 2.27. The molecule has 0 spiro atoms. The molecule has 5 aromatic rings. The Morgan fingerprint density at radius 2 is 1.76 bits per heavy atom. The molecular weight excluding hydrogens is 314 g/mol. The molecule has 0 fully saturated rings. The van der Waals surface area contributed by atoms with Crippen LogP contribution in [0, 0.1) is 0 Å². The van der Waals surface area contributed by atoms with Gasteiger partial charge < -0.3 is 4.42 Å². The van der Waals surface area contributed by atoms with Crippen molar-refractivity contribution in [3.63, 3.8) is 0 Å². The lowest BCUT2D eigenvalue weighted by Crippen LogP contribution is -2.10. The van der Waals surface area contributed by atoms with Crippen LogP contribution < -0.4 is 5.43 Å². The Labute approximate surface area is 142 Å². The number of benzene rings is 2. The largest absolute Gasteiger partial charge is 0.437 e. The van der Waals surface area contributed by atoms with Gasteiger partial charge in [-0.2, -0.15) is 4.98 Å². The van der Waals surface area contributed by atoms with Gasteiger partial charge in [0.15, 0.2) is 5.65 Å². The Kier molecular flexibility index (Phi) is 2.77. The first-order chi connectivity index (χ1) is 12.1. The van der Waals surface area contributed by atoms with Crippen LogP contribution in [-0.2, 0) is 0 Å². The van der Waals surface area contributed by atoms with Crippen molar-refractivity contribution < 1.29 is 4.42 Å². The van der Waals surface area contributed by atoms with Crippen LogP contribution in [0.15, 0.2) is 57.7 Å². The van der Waals surface area contributed by atoms with Gasteiger partial charge in [-0.3, -0.25) is 9.20 Å². The van der Waals surface area contributed by atoms with Crippen molar-refractivity contribution in [1.29, 1.82) is 0 Å². The molecule has 25 heavy (non-hydrogen) atoms. The summed E-state index contributed by atoms with van der Waals surface area (Å²) in [6.07, 6.45) is 0. The molecule has 3 aromatic heterocycles. The first-order valence-electron chi connectivity index (χ1n) is 8.28. The number of para-hydroxylation sites is 3. The van der Waals surface area contributed by atoms with E-state index in [0.29, 0.717) is 27.7 Å². The molecule has 0 aliphatic heterocycles. The van der Waals surface area contributed by atoms with Gasteiger partial charge in [0.2, 0.25) is 11.1 Å². The van der Waals surface area contributed by atoms with Crippen LogP contribution in [0.5, 0.6) is 0 Å². The van der Waals surface area contributed by atoms with Gasteiger partial charge in [-0.05, 0) is 24.3 Å². The number of hydrogen-bond donors (Lipinski definition) is 0. The standard InChI is InChI=1S/C20H15N3O2/c1-11(2)18-22-20-16(17(24)12-7-3-6-10-15(12)25-20)19-21-13-8-4-5-9-14(13)23(18)19/h3-11H,1-2H3. The fourth-order valence-corrected chi connectivity index (χ4v) is 3.37. The molecule has 0 N–H and O–H groups in total. The lowest BCUT2D eigenvalue weighted by molar-refractivity contribution is 0.632. The van der Waals surface area contributed by atoms with Gasteiger partial charge in [0, 0.05) is 5.92 Å². The highest BCUT2D eigenvalue weighted by atomic mass is 16.3.